The number of hydrogen-bond acceptors (Lipinski definition) is 3. The van der Waals surface area contributed by atoms with Gasteiger partial charge in [-0.25, -0.2) is 4.79 Å². The highest BCUT2D eigenvalue weighted by Gasteiger charge is 2.04. The fourth-order valence-electron chi connectivity index (χ4n) is 1.34. The molecular formula is C12H19N3O2. The Morgan fingerprint density at radius 3 is 3.00 bits per heavy atom. The van der Waals surface area contributed by atoms with Crippen LogP contribution in [-0.2, 0) is 6.54 Å². The molecule has 0 aromatic carbocycles. The van der Waals surface area contributed by atoms with Crippen LogP contribution in [-0.4, -0.2) is 29.3 Å². The van der Waals surface area contributed by atoms with E-state index in [2.05, 4.69) is 15.6 Å². The summed E-state index contributed by atoms with van der Waals surface area (Å²) in [7, 11) is 0. The molecule has 17 heavy (non-hydrogen) atoms. The maximum Gasteiger partial charge on any atom is 0.315 e. The van der Waals surface area contributed by atoms with Gasteiger partial charge in [-0.05, 0) is 24.0 Å². The second kappa shape index (κ2) is 7.62. The number of nitrogens with zero attached hydrogens (tertiary/aromatic N) is 1. The number of aliphatic hydroxyl groups is 1. The average molecular weight is 237 g/mol. The first-order valence-corrected chi connectivity index (χ1v) is 5.74. The summed E-state index contributed by atoms with van der Waals surface area (Å²) >= 11 is 0. The molecule has 0 fully saturated rings. The summed E-state index contributed by atoms with van der Waals surface area (Å²) in [4.78, 5) is 15.4. The Morgan fingerprint density at radius 1 is 1.53 bits per heavy atom. The SMILES string of the molecule is CC(CCO)CNC(=O)NCc1cccnc1. The van der Waals surface area contributed by atoms with E-state index < -0.39 is 0 Å². The molecule has 0 saturated heterocycles. The first-order chi connectivity index (χ1) is 8.22. The van der Waals surface area contributed by atoms with Crippen LogP contribution >= 0.6 is 0 Å². The van der Waals surface area contributed by atoms with Crippen LogP contribution in [0.2, 0.25) is 0 Å². The van der Waals surface area contributed by atoms with Gasteiger partial charge in [-0.3, -0.25) is 4.98 Å². The van der Waals surface area contributed by atoms with Crippen LogP contribution < -0.4 is 10.6 Å². The fourth-order valence-corrected chi connectivity index (χ4v) is 1.34. The molecule has 0 saturated carbocycles. The number of aromatic nitrogens is 1. The van der Waals surface area contributed by atoms with Gasteiger partial charge < -0.3 is 15.7 Å². The minimum atomic E-state index is -0.196. The quantitative estimate of drug-likeness (QED) is 0.688. The van der Waals surface area contributed by atoms with Gasteiger partial charge in [-0.2, -0.15) is 0 Å². The standard InChI is InChI=1S/C12H19N3O2/c1-10(4-6-16)7-14-12(17)15-9-11-3-2-5-13-8-11/h2-3,5,8,10,16H,4,6-7,9H2,1H3,(H2,14,15,17). The van der Waals surface area contributed by atoms with Gasteiger partial charge in [0.25, 0.3) is 0 Å². The molecule has 1 aromatic heterocycles. The number of amides is 2. The second-order valence-electron chi connectivity index (χ2n) is 4.04. The average Bonchev–Trinajstić information content (AvgIpc) is 2.35. The van der Waals surface area contributed by atoms with Crippen molar-refractivity contribution in [3.05, 3.63) is 30.1 Å². The van der Waals surface area contributed by atoms with Gasteiger partial charge in [0.15, 0.2) is 0 Å². The van der Waals surface area contributed by atoms with Gasteiger partial charge in [0.05, 0.1) is 0 Å². The minimum absolute atomic E-state index is 0.153. The predicted molar refractivity (Wildman–Crippen MR) is 65.3 cm³/mol. The molecule has 1 atom stereocenters. The fraction of sp³-hybridized carbons (Fsp3) is 0.500. The third-order valence-corrected chi connectivity index (χ3v) is 2.41. The maximum absolute atomic E-state index is 11.4. The molecule has 94 valence electrons. The molecule has 0 aliphatic rings. The van der Waals surface area contributed by atoms with E-state index in [0.29, 0.717) is 19.5 Å². The monoisotopic (exact) mass is 237 g/mol. The largest absolute Gasteiger partial charge is 0.396 e. The van der Waals surface area contributed by atoms with Gasteiger partial charge in [-0.1, -0.05) is 13.0 Å². The van der Waals surface area contributed by atoms with E-state index in [1.54, 1.807) is 12.4 Å². The van der Waals surface area contributed by atoms with Crippen molar-refractivity contribution in [3.63, 3.8) is 0 Å². The number of hydrogen-bond donors (Lipinski definition) is 3. The number of rotatable bonds is 6. The molecule has 1 rings (SSSR count). The Labute approximate surface area is 101 Å². The lowest BCUT2D eigenvalue weighted by atomic mass is 10.1. The Bertz CT molecular complexity index is 330. The van der Waals surface area contributed by atoms with Crippen molar-refractivity contribution < 1.29 is 9.90 Å². The molecule has 1 unspecified atom stereocenters. The normalized spacial score (nSPS) is 11.9. The molecule has 0 bridgehead atoms. The van der Waals surface area contributed by atoms with Gasteiger partial charge in [0, 0.05) is 32.1 Å². The first kappa shape index (κ1) is 13.4. The minimum Gasteiger partial charge on any atom is -0.396 e. The smallest absolute Gasteiger partial charge is 0.315 e. The topological polar surface area (TPSA) is 74.2 Å². The number of nitrogens with one attached hydrogen (secondary N) is 2. The summed E-state index contributed by atoms with van der Waals surface area (Å²) in [6.45, 7) is 3.17. The van der Waals surface area contributed by atoms with Crippen molar-refractivity contribution in [2.75, 3.05) is 13.2 Å². The third-order valence-electron chi connectivity index (χ3n) is 2.41. The zero-order valence-corrected chi connectivity index (χ0v) is 10.0. The zero-order chi connectivity index (χ0) is 12.5. The van der Waals surface area contributed by atoms with Crippen molar-refractivity contribution in [1.82, 2.24) is 15.6 Å². The Balaban J connectivity index is 2.17. The van der Waals surface area contributed by atoms with Gasteiger partial charge in [-0.15, -0.1) is 0 Å². The lowest BCUT2D eigenvalue weighted by molar-refractivity contribution is 0.233. The Hall–Kier alpha value is -1.62. The van der Waals surface area contributed by atoms with Crippen molar-refractivity contribution >= 4 is 6.03 Å². The van der Waals surface area contributed by atoms with Crippen LogP contribution in [0.4, 0.5) is 4.79 Å². The number of aliphatic hydroxyl groups excluding tert-OH is 1. The van der Waals surface area contributed by atoms with Crippen LogP contribution in [0.3, 0.4) is 0 Å². The van der Waals surface area contributed by atoms with Crippen LogP contribution in [0.5, 0.6) is 0 Å². The third kappa shape index (κ3) is 5.87. The number of pyridine rings is 1. The van der Waals surface area contributed by atoms with Gasteiger partial charge in [0.1, 0.15) is 0 Å². The molecule has 0 spiro atoms. The molecular weight excluding hydrogens is 218 g/mol. The molecule has 5 nitrogen and oxygen atoms in total. The van der Waals surface area contributed by atoms with Crippen LogP contribution in [0.25, 0.3) is 0 Å². The van der Waals surface area contributed by atoms with E-state index in [-0.39, 0.29) is 18.6 Å². The van der Waals surface area contributed by atoms with E-state index in [0.717, 1.165) is 5.56 Å². The van der Waals surface area contributed by atoms with Gasteiger partial charge >= 0.3 is 6.03 Å². The number of urea groups is 1. The molecule has 5 heteroatoms. The highest BCUT2D eigenvalue weighted by molar-refractivity contribution is 5.73. The second-order valence-corrected chi connectivity index (χ2v) is 4.04. The lowest BCUT2D eigenvalue weighted by Crippen LogP contribution is -2.37. The summed E-state index contributed by atoms with van der Waals surface area (Å²) in [5.41, 5.74) is 0.964. The van der Waals surface area contributed by atoms with Crippen molar-refractivity contribution in [2.24, 2.45) is 5.92 Å². The molecule has 0 aliphatic carbocycles. The zero-order valence-electron chi connectivity index (χ0n) is 10.0. The summed E-state index contributed by atoms with van der Waals surface area (Å²) < 4.78 is 0. The molecule has 1 heterocycles. The highest BCUT2D eigenvalue weighted by Crippen LogP contribution is 1.98. The van der Waals surface area contributed by atoms with E-state index in [4.69, 9.17) is 5.11 Å². The van der Waals surface area contributed by atoms with E-state index in [9.17, 15) is 4.79 Å². The first-order valence-electron chi connectivity index (χ1n) is 5.74. The van der Waals surface area contributed by atoms with E-state index >= 15 is 0 Å². The summed E-state index contributed by atoms with van der Waals surface area (Å²) in [5.74, 6) is 0.282. The lowest BCUT2D eigenvalue weighted by Gasteiger charge is -2.11. The van der Waals surface area contributed by atoms with Crippen molar-refractivity contribution in [1.29, 1.82) is 0 Å². The number of carbonyl (C=O) groups excluding carboxylic acids is 1. The molecule has 2 amide bonds. The maximum atomic E-state index is 11.4. The van der Waals surface area contributed by atoms with E-state index in [1.165, 1.54) is 0 Å². The van der Waals surface area contributed by atoms with Crippen LogP contribution in [0.1, 0.15) is 18.9 Å². The number of carbonyl (C=O) groups is 1. The van der Waals surface area contributed by atoms with Crippen LogP contribution in [0, 0.1) is 5.92 Å². The van der Waals surface area contributed by atoms with Crippen molar-refractivity contribution in [2.45, 2.75) is 19.9 Å². The predicted octanol–water partition coefficient (Wildman–Crippen LogP) is 0.899. The molecule has 3 N–H and O–H groups in total. The molecule has 1 aromatic rings. The molecule has 0 radical (unpaired) electrons. The Morgan fingerprint density at radius 2 is 2.35 bits per heavy atom. The summed E-state index contributed by atoms with van der Waals surface area (Å²) in [6.07, 6.45) is 4.11. The highest BCUT2D eigenvalue weighted by atomic mass is 16.3. The molecule has 0 aliphatic heterocycles. The van der Waals surface area contributed by atoms with E-state index in [1.807, 2.05) is 19.1 Å². The summed E-state index contributed by atoms with van der Waals surface area (Å²) in [5, 5.41) is 14.2. The van der Waals surface area contributed by atoms with Crippen molar-refractivity contribution in [3.8, 4) is 0 Å². The summed E-state index contributed by atoms with van der Waals surface area (Å²) in [6, 6.07) is 3.54. The van der Waals surface area contributed by atoms with Crippen LogP contribution in [0.15, 0.2) is 24.5 Å². The Kier molecular flexibility index (Phi) is 6.03. The van der Waals surface area contributed by atoms with Gasteiger partial charge in [0.2, 0.25) is 0 Å².